The van der Waals surface area contributed by atoms with Gasteiger partial charge in [-0.05, 0) is 55.0 Å². The van der Waals surface area contributed by atoms with Crippen LogP contribution in [0.1, 0.15) is 42.5 Å². The van der Waals surface area contributed by atoms with Crippen molar-refractivity contribution in [3.63, 3.8) is 0 Å². The smallest absolute Gasteiger partial charge is 0.317 e. The van der Waals surface area contributed by atoms with E-state index < -0.39 is 0 Å². The topological polar surface area (TPSA) is 32.3 Å². The van der Waals surface area contributed by atoms with E-state index in [-0.39, 0.29) is 12.1 Å². The summed E-state index contributed by atoms with van der Waals surface area (Å²) in [5.41, 5.74) is 4.66. The summed E-state index contributed by atoms with van der Waals surface area (Å²) < 4.78 is 0. The predicted molar refractivity (Wildman–Crippen MR) is 94.7 cm³/mol. The lowest BCUT2D eigenvalue weighted by atomic mass is 9.99. The Kier molecular flexibility index (Phi) is 4.65. The molecule has 3 nitrogen and oxygen atoms in total. The average molecular weight is 308 g/mol. The van der Waals surface area contributed by atoms with E-state index in [4.69, 9.17) is 0 Å². The molecule has 0 unspecified atom stereocenters. The van der Waals surface area contributed by atoms with E-state index in [9.17, 15) is 4.79 Å². The van der Waals surface area contributed by atoms with Crippen molar-refractivity contribution < 1.29 is 4.79 Å². The van der Waals surface area contributed by atoms with Crippen molar-refractivity contribution in [2.75, 3.05) is 11.9 Å². The number of amides is 2. The van der Waals surface area contributed by atoms with Crippen LogP contribution in [0.5, 0.6) is 0 Å². The largest absolute Gasteiger partial charge is 0.322 e. The van der Waals surface area contributed by atoms with Crippen LogP contribution in [0.4, 0.5) is 10.5 Å². The Bertz CT molecular complexity index is 678. The molecular formula is C20H24N2O. The van der Waals surface area contributed by atoms with E-state index in [2.05, 4.69) is 49.5 Å². The molecule has 3 rings (SSSR count). The monoisotopic (exact) mass is 308 g/mol. The van der Waals surface area contributed by atoms with Gasteiger partial charge in [0.2, 0.25) is 0 Å². The van der Waals surface area contributed by atoms with E-state index in [1.165, 1.54) is 16.7 Å². The second kappa shape index (κ2) is 6.86. The van der Waals surface area contributed by atoms with Gasteiger partial charge in [-0.1, -0.05) is 43.3 Å². The first-order chi connectivity index (χ1) is 11.2. The number of rotatable bonds is 3. The zero-order valence-corrected chi connectivity index (χ0v) is 13.9. The van der Waals surface area contributed by atoms with Gasteiger partial charge in [-0.2, -0.15) is 0 Å². The molecule has 0 spiro atoms. The van der Waals surface area contributed by atoms with E-state index >= 15 is 0 Å². The number of aryl methyl sites for hydroxylation is 2. The molecule has 120 valence electrons. The molecule has 0 radical (unpaired) electrons. The maximum absolute atomic E-state index is 12.7. The van der Waals surface area contributed by atoms with E-state index in [0.717, 1.165) is 31.5 Å². The molecule has 0 aromatic heterocycles. The number of hydrogen-bond acceptors (Lipinski definition) is 1. The highest BCUT2D eigenvalue weighted by molar-refractivity contribution is 5.89. The van der Waals surface area contributed by atoms with Crippen molar-refractivity contribution in [2.45, 2.75) is 39.2 Å². The van der Waals surface area contributed by atoms with Gasteiger partial charge in [0.25, 0.3) is 0 Å². The van der Waals surface area contributed by atoms with Gasteiger partial charge in [0.1, 0.15) is 0 Å². The molecule has 1 N–H and O–H groups in total. The third kappa shape index (κ3) is 3.39. The summed E-state index contributed by atoms with van der Waals surface area (Å²) >= 11 is 0. The first kappa shape index (κ1) is 15.6. The first-order valence-electron chi connectivity index (χ1n) is 8.41. The van der Waals surface area contributed by atoms with Gasteiger partial charge >= 0.3 is 6.03 Å². The third-order valence-corrected chi connectivity index (χ3v) is 4.67. The number of hydrogen-bond donors (Lipinski definition) is 1. The van der Waals surface area contributed by atoms with Gasteiger partial charge in [0.15, 0.2) is 0 Å². The molecule has 2 aromatic rings. The third-order valence-electron chi connectivity index (χ3n) is 4.67. The van der Waals surface area contributed by atoms with Crippen LogP contribution in [0.15, 0.2) is 48.5 Å². The zero-order chi connectivity index (χ0) is 16.2. The fraction of sp³-hybridized carbons (Fsp3) is 0.350. The van der Waals surface area contributed by atoms with Crippen LogP contribution in [0.2, 0.25) is 0 Å². The van der Waals surface area contributed by atoms with Crippen LogP contribution in [-0.2, 0) is 6.42 Å². The molecule has 3 heteroatoms. The van der Waals surface area contributed by atoms with Crippen molar-refractivity contribution in [3.05, 3.63) is 65.2 Å². The molecule has 2 aromatic carbocycles. The molecule has 1 aliphatic rings. The molecule has 0 aliphatic carbocycles. The lowest BCUT2D eigenvalue weighted by Crippen LogP contribution is -2.34. The maximum Gasteiger partial charge on any atom is 0.322 e. The minimum absolute atomic E-state index is 0.00000142. The number of urea groups is 1. The minimum atomic E-state index is 0.00000142. The quantitative estimate of drug-likeness (QED) is 0.857. The Morgan fingerprint density at radius 2 is 1.91 bits per heavy atom. The lowest BCUT2D eigenvalue weighted by Gasteiger charge is -2.26. The summed E-state index contributed by atoms with van der Waals surface area (Å²) in [6.07, 6.45) is 3.10. The lowest BCUT2D eigenvalue weighted by molar-refractivity contribution is 0.207. The normalized spacial score (nSPS) is 17.3. The Hall–Kier alpha value is -2.29. The van der Waals surface area contributed by atoms with Crippen LogP contribution >= 0.6 is 0 Å². The van der Waals surface area contributed by atoms with Crippen LogP contribution in [-0.4, -0.2) is 17.5 Å². The second-order valence-electron chi connectivity index (χ2n) is 6.19. The SMILES string of the molecule is CCc1ccc(NC(=O)N2CCC[C@H]2c2ccccc2C)cc1. The Balaban J connectivity index is 1.74. The molecule has 1 aliphatic heterocycles. The highest BCUT2D eigenvalue weighted by atomic mass is 16.2. The summed E-state index contributed by atoms with van der Waals surface area (Å²) in [5.74, 6) is 0. The summed E-state index contributed by atoms with van der Waals surface area (Å²) in [4.78, 5) is 14.6. The van der Waals surface area contributed by atoms with Crippen molar-refractivity contribution in [1.82, 2.24) is 4.90 Å². The van der Waals surface area contributed by atoms with Crippen molar-refractivity contribution >= 4 is 11.7 Å². The molecule has 1 fully saturated rings. The Morgan fingerprint density at radius 3 is 2.61 bits per heavy atom. The molecule has 0 bridgehead atoms. The van der Waals surface area contributed by atoms with E-state index in [1.54, 1.807) is 0 Å². The zero-order valence-electron chi connectivity index (χ0n) is 13.9. The van der Waals surface area contributed by atoms with Crippen LogP contribution < -0.4 is 5.32 Å². The highest BCUT2D eigenvalue weighted by Crippen LogP contribution is 2.34. The van der Waals surface area contributed by atoms with Crippen LogP contribution in [0.25, 0.3) is 0 Å². The maximum atomic E-state index is 12.7. The first-order valence-corrected chi connectivity index (χ1v) is 8.41. The molecular weight excluding hydrogens is 284 g/mol. The number of likely N-dealkylation sites (tertiary alicyclic amines) is 1. The fourth-order valence-corrected chi connectivity index (χ4v) is 3.31. The molecule has 1 saturated heterocycles. The van der Waals surface area contributed by atoms with Crippen LogP contribution in [0, 0.1) is 6.92 Å². The van der Waals surface area contributed by atoms with Crippen molar-refractivity contribution in [1.29, 1.82) is 0 Å². The van der Waals surface area contributed by atoms with Crippen LogP contribution in [0.3, 0.4) is 0 Å². The average Bonchev–Trinajstić information content (AvgIpc) is 3.05. The summed E-state index contributed by atoms with van der Waals surface area (Å²) in [6, 6.07) is 16.6. The summed E-state index contributed by atoms with van der Waals surface area (Å²) in [7, 11) is 0. The standard InChI is InChI=1S/C20H24N2O/c1-3-16-10-12-17(13-11-16)21-20(23)22-14-6-9-19(22)18-8-5-4-7-15(18)2/h4-5,7-8,10-13,19H,3,6,9,14H2,1-2H3,(H,21,23)/t19-/m0/s1. The Morgan fingerprint density at radius 1 is 1.17 bits per heavy atom. The number of nitrogens with zero attached hydrogens (tertiary/aromatic N) is 1. The second-order valence-corrected chi connectivity index (χ2v) is 6.19. The summed E-state index contributed by atoms with van der Waals surface area (Å²) in [6.45, 7) is 5.07. The number of carbonyl (C=O) groups is 1. The molecule has 2 amide bonds. The van der Waals surface area contributed by atoms with Gasteiger partial charge < -0.3 is 10.2 Å². The van der Waals surface area contributed by atoms with Gasteiger partial charge in [0.05, 0.1) is 6.04 Å². The molecule has 1 heterocycles. The molecule has 1 atom stereocenters. The van der Waals surface area contributed by atoms with E-state index in [1.807, 2.05) is 23.1 Å². The number of nitrogens with one attached hydrogen (secondary N) is 1. The molecule has 0 saturated carbocycles. The van der Waals surface area contributed by atoms with Gasteiger partial charge in [-0.25, -0.2) is 4.79 Å². The summed E-state index contributed by atoms with van der Waals surface area (Å²) in [5, 5.41) is 3.04. The molecule has 23 heavy (non-hydrogen) atoms. The minimum Gasteiger partial charge on any atom is -0.317 e. The van der Waals surface area contributed by atoms with E-state index in [0.29, 0.717) is 0 Å². The van der Waals surface area contributed by atoms with Crippen molar-refractivity contribution in [2.24, 2.45) is 0 Å². The number of anilines is 1. The fourth-order valence-electron chi connectivity index (χ4n) is 3.31. The Labute approximate surface area is 138 Å². The predicted octanol–water partition coefficient (Wildman–Crippen LogP) is 4.93. The van der Waals surface area contributed by atoms with Gasteiger partial charge in [0, 0.05) is 12.2 Å². The van der Waals surface area contributed by atoms with Crippen molar-refractivity contribution in [3.8, 4) is 0 Å². The number of carbonyl (C=O) groups excluding carboxylic acids is 1. The number of benzene rings is 2. The van der Waals surface area contributed by atoms with Gasteiger partial charge in [-0.3, -0.25) is 0 Å². The highest BCUT2D eigenvalue weighted by Gasteiger charge is 2.30. The van der Waals surface area contributed by atoms with Gasteiger partial charge in [-0.15, -0.1) is 0 Å².